The number of nitrogens with zero attached hydrogens (tertiary/aromatic N) is 5. The molecule has 0 radical (unpaired) electrons. The van der Waals surface area contributed by atoms with Crippen molar-refractivity contribution < 1.29 is 96.8 Å². The van der Waals surface area contributed by atoms with E-state index in [1.54, 1.807) is 24.1 Å². The van der Waals surface area contributed by atoms with Gasteiger partial charge in [-0.2, -0.15) is 0 Å². The molecule has 2 fully saturated rings. The predicted molar refractivity (Wildman–Crippen MR) is 313 cm³/mol. The van der Waals surface area contributed by atoms with Crippen molar-refractivity contribution in [3.8, 4) is 23.0 Å². The molecule has 4 heterocycles. The van der Waals surface area contributed by atoms with Crippen molar-refractivity contribution in [3.05, 3.63) is 77.4 Å². The van der Waals surface area contributed by atoms with E-state index in [9.17, 15) is 63.6 Å². The van der Waals surface area contributed by atoms with E-state index in [4.69, 9.17) is 44.9 Å². The SMILES string of the molecule is COc1cc2c(cc1OCCN(C)C)CC(C(=O)N1C[C@@H](CCl)c3c1cc(OC(=O)N(C)CCN(C)C(=O)OCc1ccc(O[C@H]4O[C@H](C(=O)O)[C@@H](O)[C@H](O)[C@H]4O)c(NC(=O)CCNC(=O)CCCCC(=O)ON4C(=O)CCC4=O)c1)c1ccccc31)N2. The second-order valence-corrected chi connectivity index (χ2v) is 22.0. The summed E-state index contributed by atoms with van der Waals surface area (Å²) in [6.07, 6.45) is -11.2. The number of amides is 7. The lowest BCUT2D eigenvalue weighted by atomic mass is 9.95. The zero-order valence-corrected chi connectivity index (χ0v) is 49.8. The fourth-order valence-corrected chi connectivity index (χ4v) is 10.4. The summed E-state index contributed by atoms with van der Waals surface area (Å²) in [6, 6.07) is 16.2. The highest BCUT2D eigenvalue weighted by molar-refractivity contribution is 6.19. The van der Waals surface area contributed by atoms with Crippen molar-refractivity contribution >= 4 is 93.1 Å². The average molecular weight is 1250 g/mol. The van der Waals surface area contributed by atoms with Gasteiger partial charge in [0, 0.05) is 120 Å². The summed E-state index contributed by atoms with van der Waals surface area (Å²) in [4.78, 5) is 126. The Morgan fingerprint density at radius 2 is 1.49 bits per heavy atom. The first kappa shape index (κ1) is 65.4. The minimum atomic E-state index is -2.02. The first-order chi connectivity index (χ1) is 42.0. The number of carboxylic acid groups (broad SMARTS) is 1. The number of carbonyl (C=O) groups is 9. The van der Waals surface area contributed by atoms with Crippen LogP contribution in [-0.4, -0.2) is 211 Å². The number of aliphatic carboxylic acids is 1. The minimum Gasteiger partial charge on any atom is -0.493 e. The summed E-state index contributed by atoms with van der Waals surface area (Å²) in [7, 11) is 8.39. The van der Waals surface area contributed by atoms with Gasteiger partial charge in [-0.05, 0) is 67.2 Å². The number of likely N-dealkylation sites (N-methyl/N-ethyl adjacent to an activating group) is 3. The number of alkyl halides is 1. The van der Waals surface area contributed by atoms with Crippen LogP contribution in [0.25, 0.3) is 10.8 Å². The van der Waals surface area contributed by atoms with Crippen LogP contribution in [0, 0.1) is 0 Å². The first-order valence-corrected chi connectivity index (χ1v) is 28.9. The maximum atomic E-state index is 14.6. The van der Waals surface area contributed by atoms with Crippen molar-refractivity contribution in [1.29, 1.82) is 0 Å². The number of fused-ring (bicyclic) bond motifs is 4. The van der Waals surface area contributed by atoms with E-state index < -0.39 is 84.5 Å². The smallest absolute Gasteiger partial charge is 0.415 e. The van der Waals surface area contributed by atoms with E-state index in [1.807, 2.05) is 49.3 Å². The maximum Gasteiger partial charge on any atom is 0.415 e. The molecule has 0 saturated carbocycles. The van der Waals surface area contributed by atoms with Crippen LogP contribution in [0.1, 0.15) is 67.6 Å². The van der Waals surface area contributed by atoms with Crippen LogP contribution >= 0.6 is 11.6 Å². The van der Waals surface area contributed by atoms with Crippen molar-refractivity contribution in [2.24, 2.45) is 0 Å². The van der Waals surface area contributed by atoms with E-state index in [0.29, 0.717) is 53.8 Å². The van der Waals surface area contributed by atoms with Crippen LogP contribution in [0.5, 0.6) is 23.0 Å². The van der Waals surface area contributed by atoms with Crippen molar-refractivity contribution in [1.82, 2.24) is 25.1 Å². The number of carboxylic acids is 1. The van der Waals surface area contributed by atoms with Gasteiger partial charge in [-0.25, -0.2) is 19.2 Å². The Labute approximate surface area is 510 Å². The van der Waals surface area contributed by atoms with E-state index in [2.05, 4.69) is 16.0 Å². The number of ether oxygens (including phenoxy) is 6. The molecule has 4 aromatic rings. The molecule has 7 amide bonds. The molecule has 1 unspecified atom stereocenters. The van der Waals surface area contributed by atoms with E-state index >= 15 is 0 Å². The van der Waals surface area contributed by atoms with Gasteiger partial charge in [0.1, 0.15) is 49.1 Å². The van der Waals surface area contributed by atoms with Crippen molar-refractivity contribution in [2.75, 3.05) is 96.0 Å². The number of aliphatic hydroxyl groups excluding tert-OH is 3. The number of aliphatic hydroxyl groups is 3. The molecule has 88 heavy (non-hydrogen) atoms. The second-order valence-electron chi connectivity index (χ2n) is 21.7. The molecule has 8 rings (SSSR count). The molecule has 2 saturated heterocycles. The van der Waals surface area contributed by atoms with Gasteiger partial charge in [-0.1, -0.05) is 30.3 Å². The number of halogens is 1. The molecular formula is C59H71ClN8O20. The summed E-state index contributed by atoms with van der Waals surface area (Å²) >= 11 is 6.59. The third-order valence-electron chi connectivity index (χ3n) is 15.1. The van der Waals surface area contributed by atoms with Gasteiger partial charge in [-0.3, -0.25) is 24.0 Å². The maximum absolute atomic E-state index is 14.6. The number of hydroxylamine groups is 2. The molecule has 4 aliphatic heterocycles. The lowest BCUT2D eigenvalue weighted by molar-refractivity contribution is -0.271. The number of unbranched alkanes of at least 4 members (excludes halogenated alkanes) is 1. The van der Waals surface area contributed by atoms with Crippen molar-refractivity contribution in [2.45, 2.75) is 101 Å². The quantitative estimate of drug-likeness (QED) is 0.0270. The number of benzene rings is 4. The summed E-state index contributed by atoms with van der Waals surface area (Å²) in [6.45, 7) is 0.826. The van der Waals surface area contributed by atoms with E-state index in [-0.39, 0.29) is 112 Å². The molecule has 4 aliphatic rings. The number of rotatable bonds is 26. The van der Waals surface area contributed by atoms with Crippen LogP contribution in [0.2, 0.25) is 0 Å². The number of anilines is 3. The molecule has 4 aromatic carbocycles. The molecule has 0 bridgehead atoms. The fraction of sp³-hybridized carbons (Fsp3) is 0.475. The molecule has 0 aromatic heterocycles. The number of methoxy groups -OCH3 is 1. The molecular weight excluding hydrogens is 1180 g/mol. The zero-order valence-electron chi connectivity index (χ0n) is 49.1. The monoisotopic (exact) mass is 1250 g/mol. The Morgan fingerprint density at radius 3 is 2.18 bits per heavy atom. The number of imide groups is 1. The van der Waals surface area contributed by atoms with Crippen LogP contribution in [0.3, 0.4) is 0 Å². The summed E-state index contributed by atoms with van der Waals surface area (Å²) in [5.41, 5.74) is 3.22. The standard InChI is InChI=1S/C59H71ClN8O20/c1-64(2)22-23-83-44-26-33-25-39(62-37(33)27-43(44)82-5)55(77)67-30-34(29-60)50-36-11-7-6-10-35(36)42(28-40(50)67)86-59(81)66(4)21-20-65(3)58(80)84-31-32-14-15-41(85-57-53(76)51(74)52(75)54(87-57)56(78)79)38(24-32)63-46(70)18-19-61-45(69)12-8-9-13-49(73)88-68-47(71)16-17-48(68)72/h6-7,10-11,14-15,24,26-28,34,39,51-54,57,62,74-76H,8-9,12-13,16-23,25,29-31H2,1-5H3,(H,61,69)(H,63,70)(H,78,79)/t34-,39?,51+,52+,53-,54+,57+/m1/s1. The van der Waals surface area contributed by atoms with Gasteiger partial charge < -0.3 is 89.2 Å². The van der Waals surface area contributed by atoms with Gasteiger partial charge in [0.25, 0.3) is 11.8 Å². The van der Waals surface area contributed by atoms with Gasteiger partial charge in [-0.15, -0.1) is 16.7 Å². The highest BCUT2D eigenvalue weighted by Gasteiger charge is 2.48. The van der Waals surface area contributed by atoms with Crippen LogP contribution in [0.15, 0.2) is 60.7 Å². The highest BCUT2D eigenvalue weighted by Crippen LogP contribution is 2.47. The lowest BCUT2D eigenvalue weighted by Gasteiger charge is -2.38. The fourth-order valence-electron chi connectivity index (χ4n) is 10.2. The van der Waals surface area contributed by atoms with E-state index in [0.717, 1.165) is 22.2 Å². The topological polar surface area (TPSA) is 351 Å². The first-order valence-electron chi connectivity index (χ1n) is 28.4. The molecule has 474 valence electrons. The van der Waals surface area contributed by atoms with Crippen molar-refractivity contribution in [3.63, 3.8) is 0 Å². The lowest BCUT2D eigenvalue weighted by Crippen LogP contribution is -2.61. The molecule has 7 atom stereocenters. The van der Waals surface area contributed by atoms with Crippen LogP contribution in [-0.2, 0) is 60.9 Å². The average Bonchev–Trinajstić information content (AvgIpc) is 1.97. The van der Waals surface area contributed by atoms with Gasteiger partial charge in [0.2, 0.25) is 24.0 Å². The third kappa shape index (κ3) is 15.8. The zero-order chi connectivity index (χ0) is 63.5. The van der Waals surface area contributed by atoms with Crippen LogP contribution in [0.4, 0.5) is 26.7 Å². The summed E-state index contributed by atoms with van der Waals surface area (Å²) in [5.74, 6) is -3.96. The Bertz CT molecular complexity index is 3280. The van der Waals surface area contributed by atoms with Crippen LogP contribution < -0.4 is 39.8 Å². The predicted octanol–water partition coefficient (Wildman–Crippen LogP) is 3.08. The Morgan fingerprint density at radius 1 is 0.784 bits per heavy atom. The summed E-state index contributed by atoms with van der Waals surface area (Å²) in [5, 5.41) is 51.2. The Kier molecular flexibility index (Phi) is 21.9. The molecule has 0 spiro atoms. The molecule has 0 aliphatic carbocycles. The number of carbonyl (C=O) groups excluding carboxylic acids is 8. The number of hydrogen-bond donors (Lipinski definition) is 7. The second kappa shape index (κ2) is 29.4. The van der Waals surface area contributed by atoms with Gasteiger partial charge in [0.05, 0.1) is 18.5 Å². The molecule has 7 N–H and O–H groups in total. The molecule has 28 nitrogen and oxygen atoms in total. The largest absolute Gasteiger partial charge is 0.493 e. The van der Waals surface area contributed by atoms with E-state index in [1.165, 1.54) is 42.1 Å². The van der Waals surface area contributed by atoms with Gasteiger partial charge in [0.15, 0.2) is 17.6 Å². The third-order valence-corrected chi connectivity index (χ3v) is 15.4. The molecule has 29 heteroatoms. The Balaban J connectivity index is 0.863. The number of nitrogens with one attached hydrogen (secondary N) is 3. The number of hydrogen-bond acceptors (Lipinski definition) is 21. The Hall–Kier alpha value is -8.54. The summed E-state index contributed by atoms with van der Waals surface area (Å²) < 4.78 is 34.3. The minimum absolute atomic E-state index is 0.0247. The highest BCUT2D eigenvalue weighted by atomic mass is 35.5. The van der Waals surface area contributed by atoms with Gasteiger partial charge >= 0.3 is 24.1 Å². The normalized spacial score (nSPS) is 20.2.